The van der Waals surface area contributed by atoms with Crippen molar-refractivity contribution in [3.63, 3.8) is 0 Å². The van der Waals surface area contributed by atoms with E-state index in [-0.39, 0.29) is 17.2 Å². The number of non-ortho nitro benzene ring substituents is 1. The summed E-state index contributed by atoms with van der Waals surface area (Å²) in [5.41, 5.74) is 2.41. The van der Waals surface area contributed by atoms with E-state index in [1.807, 2.05) is 35.2 Å². The highest BCUT2D eigenvalue weighted by Crippen LogP contribution is 2.53. The minimum atomic E-state index is -0.843. The van der Waals surface area contributed by atoms with Gasteiger partial charge in [0, 0.05) is 18.3 Å². The Morgan fingerprint density at radius 2 is 1.77 bits per heavy atom. The molecule has 0 saturated carbocycles. The molecule has 8 heteroatoms. The first kappa shape index (κ1) is 19.2. The average molecular weight is 417 g/mol. The minimum Gasteiger partial charge on any atom is -0.359 e. The predicted octanol–water partition coefficient (Wildman–Crippen LogP) is 3.01. The average Bonchev–Trinajstić information content (AvgIpc) is 3.21. The highest BCUT2D eigenvalue weighted by molar-refractivity contribution is 6.24. The summed E-state index contributed by atoms with van der Waals surface area (Å²) in [6.45, 7) is 3.12. The number of carbonyl (C=O) groups is 3. The van der Waals surface area contributed by atoms with Gasteiger partial charge in [0.15, 0.2) is 5.78 Å². The zero-order valence-corrected chi connectivity index (χ0v) is 16.9. The van der Waals surface area contributed by atoms with Gasteiger partial charge in [-0.05, 0) is 36.6 Å². The second-order valence-electron chi connectivity index (χ2n) is 8.18. The number of amides is 2. The van der Waals surface area contributed by atoms with Gasteiger partial charge < -0.3 is 4.90 Å². The fraction of sp³-hybridized carbons (Fsp3) is 0.261. The summed E-state index contributed by atoms with van der Waals surface area (Å²) >= 11 is 0. The lowest BCUT2D eigenvalue weighted by molar-refractivity contribution is -0.384. The Bertz CT molecular complexity index is 1200. The van der Waals surface area contributed by atoms with Gasteiger partial charge in [-0.1, -0.05) is 30.3 Å². The smallest absolute Gasteiger partial charge is 0.271 e. The third-order valence-electron chi connectivity index (χ3n) is 6.52. The maximum atomic E-state index is 13.6. The summed E-state index contributed by atoms with van der Waals surface area (Å²) in [5, 5.41) is 11.3. The van der Waals surface area contributed by atoms with E-state index in [1.54, 1.807) is 13.1 Å². The number of Topliss-reactive ketones (excluding diaryl/α,β-unsaturated/α-hetero) is 1. The largest absolute Gasteiger partial charge is 0.359 e. The van der Waals surface area contributed by atoms with E-state index < -0.39 is 40.7 Å². The topological polar surface area (TPSA) is 101 Å². The number of nitrogens with zero attached hydrogens (tertiary/aromatic N) is 3. The zero-order chi connectivity index (χ0) is 22.0. The van der Waals surface area contributed by atoms with Crippen molar-refractivity contribution in [2.45, 2.75) is 25.9 Å². The number of carbonyl (C=O) groups excluding carboxylic acids is 3. The fourth-order valence-corrected chi connectivity index (χ4v) is 5.21. The van der Waals surface area contributed by atoms with E-state index in [9.17, 15) is 24.5 Å². The lowest BCUT2D eigenvalue weighted by Crippen LogP contribution is -2.43. The van der Waals surface area contributed by atoms with Gasteiger partial charge in [0.1, 0.15) is 0 Å². The van der Waals surface area contributed by atoms with Crippen LogP contribution in [0.3, 0.4) is 0 Å². The van der Waals surface area contributed by atoms with Gasteiger partial charge in [-0.15, -0.1) is 0 Å². The molecule has 2 fully saturated rings. The summed E-state index contributed by atoms with van der Waals surface area (Å²) in [6, 6.07) is 10.5. The highest BCUT2D eigenvalue weighted by Gasteiger charge is 2.64. The summed E-state index contributed by atoms with van der Waals surface area (Å²) in [5.74, 6) is -2.70. The van der Waals surface area contributed by atoms with Crippen LogP contribution in [0, 0.1) is 28.9 Å². The fourth-order valence-electron chi connectivity index (χ4n) is 5.21. The standard InChI is InChI=1S/C23H19N3O5/c1-12-7-8-15(26(30)31)11-17(12)25-22(28)18-19(23(25)29)21-16-6-4-3-5-14(16)9-10-24(21)20(18)13(2)27/h3-11,18-21H,1-2H3. The number of rotatable bonds is 3. The Kier molecular flexibility index (Phi) is 4.08. The number of aryl methyl sites for hydroxylation is 1. The van der Waals surface area contributed by atoms with Crippen LogP contribution in [-0.4, -0.2) is 33.5 Å². The van der Waals surface area contributed by atoms with Crippen molar-refractivity contribution in [2.24, 2.45) is 11.8 Å². The minimum absolute atomic E-state index is 0.194. The number of nitro benzene ring substituents is 1. The van der Waals surface area contributed by atoms with Crippen LogP contribution >= 0.6 is 0 Å². The maximum Gasteiger partial charge on any atom is 0.271 e. The van der Waals surface area contributed by atoms with Crippen molar-refractivity contribution >= 4 is 35.0 Å². The lowest BCUT2D eigenvalue weighted by Gasteiger charge is -2.35. The third-order valence-corrected chi connectivity index (χ3v) is 6.52. The van der Waals surface area contributed by atoms with Gasteiger partial charge in [-0.3, -0.25) is 24.5 Å². The number of anilines is 1. The van der Waals surface area contributed by atoms with Crippen LogP contribution in [0.2, 0.25) is 0 Å². The number of fused-ring (bicyclic) bond motifs is 5. The molecule has 3 aliphatic heterocycles. The second kappa shape index (κ2) is 6.60. The molecule has 0 spiro atoms. The molecular weight excluding hydrogens is 398 g/mol. The SMILES string of the molecule is CC(=O)C1C2C(=O)N(c3cc([N+](=O)[O-])ccc3C)C(=O)C2C2c3ccccc3C=CN12. The van der Waals surface area contributed by atoms with E-state index in [0.717, 1.165) is 16.0 Å². The van der Waals surface area contributed by atoms with E-state index in [4.69, 9.17) is 0 Å². The first-order valence-electron chi connectivity index (χ1n) is 9.99. The van der Waals surface area contributed by atoms with Crippen LogP contribution < -0.4 is 4.90 Å². The third kappa shape index (κ3) is 2.57. The van der Waals surface area contributed by atoms with Crippen molar-refractivity contribution in [3.8, 4) is 0 Å². The van der Waals surface area contributed by atoms with Crippen molar-refractivity contribution in [2.75, 3.05) is 4.90 Å². The number of imide groups is 1. The van der Waals surface area contributed by atoms with Gasteiger partial charge in [0.05, 0.1) is 34.5 Å². The van der Waals surface area contributed by atoms with Crippen molar-refractivity contribution in [3.05, 3.63) is 75.5 Å². The molecule has 2 aromatic rings. The lowest BCUT2D eigenvalue weighted by atomic mass is 9.84. The quantitative estimate of drug-likeness (QED) is 0.432. The van der Waals surface area contributed by atoms with E-state index in [0.29, 0.717) is 5.56 Å². The zero-order valence-electron chi connectivity index (χ0n) is 16.9. The highest BCUT2D eigenvalue weighted by atomic mass is 16.6. The molecule has 0 bridgehead atoms. The molecule has 3 aliphatic rings. The molecule has 3 heterocycles. The second-order valence-corrected chi connectivity index (χ2v) is 8.18. The number of hydrogen-bond donors (Lipinski definition) is 0. The first-order valence-corrected chi connectivity index (χ1v) is 9.99. The van der Waals surface area contributed by atoms with E-state index >= 15 is 0 Å². The predicted molar refractivity (Wildman–Crippen MR) is 112 cm³/mol. The Hall–Kier alpha value is -3.81. The van der Waals surface area contributed by atoms with Crippen LogP contribution in [0.1, 0.15) is 29.7 Å². The molecule has 0 aliphatic carbocycles. The van der Waals surface area contributed by atoms with Crippen LogP contribution in [0.4, 0.5) is 11.4 Å². The molecule has 0 aromatic heterocycles. The van der Waals surface area contributed by atoms with Crippen LogP contribution in [-0.2, 0) is 14.4 Å². The first-order chi connectivity index (χ1) is 14.8. The summed E-state index contributed by atoms with van der Waals surface area (Å²) < 4.78 is 0. The van der Waals surface area contributed by atoms with Gasteiger partial charge in [0.2, 0.25) is 11.8 Å². The molecule has 156 valence electrons. The normalized spacial score (nSPS) is 26.0. The van der Waals surface area contributed by atoms with Gasteiger partial charge >= 0.3 is 0 Å². The molecule has 4 atom stereocenters. The van der Waals surface area contributed by atoms with Gasteiger partial charge in [0.25, 0.3) is 5.69 Å². The molecule has 0 radical (unpaired) electrons. The van der Waals surface area contributed by atoms with Crippen molar-refractivity contribution in [1.82, 2.24) is 4.90 Å². The van der Waals surface area contributed by atoms with Crippen LogP contribution in [0.25, 0.3) is 6.08 Å². The molecule has 4 unspecified atom stereocenters. The molecular formula is C23H19N3O5. The Morgan fingerprint density at radius 3 is 2.48 bits per heavy atom. The van der Waals surface area contributed by atoms with Crippen molar-refractivity contribution < 1.29 is 19.3 Å². The van der Waals surface area contributed by atoms with Gasteiger partial charge in [-0.2, -0.15) is 0 Å². The number of benzene rings is 2. The number of hydrogen-bond acceptors (Lipinski definition) is 6. The molecule has 2 amide bonds. The Balaban J connectivity index is 1.66. The van der Waals surface area contributed by atoms with Crippen LogP contribution in [0.5, 0.6) is 0 Å². The molecule has 31 heavy (non-hydrogen) atoms. The van der Waals surface area contributed by atoms with Crippen molar-refractivity contribution in [1.29, 1.82) is 0 Å². The monoisotopic (exact) mass is 417 g/mol. The van der Waals surface area contributed by atoms with E-state index in [1.165, 1.54) is 25.1 Å². The van der Waals surface area contributed by atoms with Gasteiger partial charge in [-0.25, -0.2) is 4.90 Å². The molecule has 8 nitrogen and oxygen atoms in total. The number of nitro groups is 1. The van der Waals surface area contributed by atoms with Crippen LogP contribution in [0.15, 0.2) is 48.7 Å². The maximum absolute atomic E-state index is 13.6. The summed E-state index contributed by atoms with van der Waals surface area (Å²) in [4.78, 5) is 53.4. The molecule has 2 aromatic carbocycles. The molecule has 5 rings (SSSR count). The summed E-state index contributed by atoms with van der Waals surface area (Å²) in [7, 11) is 0. The Morgan fingerprint density at radius 1 is 1.06 bits per heavy atom. The Labute approximate surface area is 177 Å². The van der Waals surface area contributed by atoms with E-state index in [2.05, 4.69) is 0 Å². The molecule has 2 saturated heterocycles. The summed E-state index contributed by atoms with van der Waals surface area (Å²) in [6.07, 6.45) is 3.68. The molecule has 0 N–H and O–H groups in total. The number of ketones is 1.